The molecular formula is C9H11CoF2O. The Morgan fingerprint density at radius 1 is 1.23 bits per heavy atom. The molecule has 0 N–H and O–H groups in total. The van der Waals surface area contributed by atoms with Crippen molar-refractivity contribution in [3.63, 3.8) is 0 Å². The van der Waals surface area contributed by atoms with E-state index in [0.29, 0.717) is 0 Å². The molecular weight excluding hydrogens is 221 g/mol. The van der Waals surface area contributed by atoms with Crippen LogP contribution in [0.5, 0.6) is 0 Å². The van der Waals surface area contributed by atoms with E-state index in [1.165, 1.54) is 0 Å². The van der Waals surface area contributed by atoms with E-state index >= 15 is 0 Å². The summed E-state index contributed by atoms with van der Waals surface area (Å²) in [6, 6.07) is 0. The van der Waals surface area contributed by atoms with Gasteiger partial charge in [-0.1, -0.05) is 25.0 Å². The van der Waals surface area contributed by atoms with Gasteiger partial charge in [0, 0.05) is 0 Å². The first kappa shape index (κ1) is 12.5. The van der Waals surface area contributed by atoms with E-state index in [0.717, 1.165) is 31.3 Å². The Balaban J connectivity index is 0.000000424. The van der Waals surface area contributed by atoms with Crippen LogP contribution in [0.25, 0.3) is 0 Å². The van der Waals surface area contributed by atoms with E-state index < -0.39 is 15.6 Å². The molecule has 0 atom stereocenters. The van der Waals surface area contributed by atoms with Crippen molar-refractivity contribution < 1.29 is 27.5 Å². The third kappa shape index (κ3) is 7.86. The molecule has 1 aliphatic rings. The van der Waals surface area contributed by atoms with Gasteiger partial charge in [-0.2, -0.15) is 5.57 Å². The quantitative estimate of drug-likeness (QED) is 0.501. The molecule has 0 radical (unpaired) electrons. The second kappa shape index (κ2) is 9.60. The topological polar surface area (TPSA) is 17.1 Å². The summed E-state index contributed by atoms with van der Waals surface area (Å²) in [6.07, 6.45) is 12.1. The van der Waals surface area contributed by atoms with Crippen molar-refractivity contribution in [2.75, 3.05) is 0 Å². The summed E-state index contributed by atoms with van der Waals surface area (Å²) in [5.74, 6) is 0. The van der Waals surface area contributed by atoms with E-state index in [1.807, 2.05) is 12.4 Å². The van der Waals surface area contributed by atoms with Crippen LogP contribution in [-0.4, -0.2) is 6.29 Å². The zero-order valence-corrected chi connectivity index (χ0v) is 8.10. The van der Waals surface area contributed by atoms with Crippen molar-refractivity contribution in [3.05, 3.63) is 23.8 Å². The van der Waals surface area contributed by atoms with Crippen LogP contribution in [0.1, 0.15) is 25.7 Å². The van der Waals surface area contributed by atoms with Crippen molar-refractivity contribution in [1.82, 2.24) is 0 Å². The Morgan fingerprint density at radius 3 is 2.46 bits per heavy atom. The minimum absolute atomic E-state index is 0.837. The SMILES string of the molecule is O=[C-]/C1=C/CC/C=C\CC1.[F][Co+][F]. The zero-order chi connectivity index (χ0) is 9.94. The molecule has 76 valence electrons. The number of halogens is 2. The maximum absolute atomic E-state index is 10.2. The Morgan fingerprint density at radius 2 is 1.85 bits per heavy atom. The van der Waals surface area contributed by atoms with Gasteiger partial charge in [-0.25, -0.2) is 6.08 Å². The van der Waals surface area contributed by atoms with Gasteiger partial charge in [-0.05, 0) is 19.1 Å². The molecule has 0 aliphatic heterocycles. The number of rotatable bonds is 1. The van der Waals surface area contributed by atoms with Crippen LogP contribution >= 0.6 is 0 Å². The van der Waals surface area contributed by atoms with Gasteiger partial charge in [-0.15, -0.1) is 0 Å². The fourth-order valence-corrected chi connectivity index (χ4v) is 1.02. The summed E-state index contributed by atoms with van der Waals surface area (Å²) in [5, 5.41) is 0. The van der Waals surface area contributed by atoms with E-state index in [9.17, 15) is 12.0 Å². The molecule has 1 rings (SSSR count). The van der Waals surface area contributed by atoms with Crippen LogP contribution in [0, 0.1) is 0 Å². The summed E-state index contributed by atoms with van der Waals surface area (Å²) in [6.45, 7) is 0. The van der Waals surface area contributed by atoms with Crippen LogP contribution in [0.3, 0.4) is 0 Å². The first-order valence-corrected chi connectivity index (χ1v) is 4.69. The number of hydrogen-bond donors (Lipinski definition) is 0. The molecule has 0 bridgehead atoms. The molecule has 0 unspecified atom stereocenters. The Hall–Kier alpha value is -0.484. The average molecular weight is 232 g/mol. The van der Waals surface area contributed by atoms with Crippen molar-refractivity contribution in [1.29, 1.82) is 0 Å². The molecule has 0 saturated heterocycles. The fourth-order valence-electron chi connectivity index (χ4n) is 1.02. The van der Waals surface area contributed by atoms with E-state index in [1.54, 1.807) is 0 Å². The minimum atomic E-state index is -1.56. The predicted molar refractivity (Wildman–Crippen MR) is 43.6 cm³/mol. The van der Waals surface area contributed by atoms with Gasteiger partial charge in [0.15, 0.2) is 0 Å². The third-order valence-corrected chi connectivity index (χ3v) is 1.60. The van der Waals surface area contributed by atoms with Crippen LogP contribution in [-0.2, 0) is 20.4 Å². The molecule has 13 heavy (non-hydrogen) atoms. The molecule has 0 spiro atoms. The van der Waals surface area contributed by atoms with Crippen molar-refractivity contribution >= 4 is 6.29 Å². The number of allylic oxidation sites excluding steroid dienone is 4. The first-order chi connectivity index (χ1) is 6.35. The van der Waals surface area contributed by atoms with Gasteiger partial charge in [0.2, 0.25) is 0 Å². The van der Waals surface area contributed by atoms with Crippen LogP contribution in [0.15, 0.2) is 23.8 Å². The molecule has 0 fully saturated rings. The Kier molecular flexibility index (Phi) is 9.25. The molecule has 4 heteroatoms. The van der Waals surface area contributed by atoms with Gasteiger partial charge < -0.3 is 4.79 Å². The summed E-state index contributed by atoms with van der Waals surface area (Å²) >= 11 is -1.56. The Bertz CT molecular complexity index is 190. The van der Waals surface area contributed by atoms with Crippen molar-refractivity contribution in [3.8, 4) is 0 Å². The summed E-state index contributed by atoms with van der Waals surface area (Å²) in [5.41, 5.74) is 0.837. The predicted octanol–water partition coefficient (Wildman–Crippen LogP) is 2.99. The van der Waals surface area contributed by atoms with Gasteiger partial charge in [-0.3, -0.25) is 0 Å². The molecule has 0 heterocycles. The zero-order valence-electron chi connectivity index (χ0n) is 7.06. The summed E-state index contributed by atoms with van der Waals surface area (Å²) in [4.78, 5) is 10.2. The van der Waals surface area contributed by atoms with Gasteiger partial charge in [0.1, 0.15) is 0 Å². The van der Waals surface area contributed by atoms with Gasteiger partial charge in [0.05, 0.1) is 0 Å². The maximum atomic E-state index is 10.2. The average Bonchev–Trinajstić information content (AvgIpc) is 2.05. The molecule has 1 nitrogen and oxygen atoms in total. The van der Waals surface area contributed by atoms with Gasteiger partial charge >= 0.3 is 22.8 Å². The molecule has 0 aromatic heterocycles. The molecule has 0 amide bonds. The standard InChI is InChI=1S/C9H11O.Co.2FH/c10-8-9-6-4-2-1-3-5-7-9;;;/h1-2,7H,3-6H2;;2*1H/q-1;+3;;/p-2/b2-1-,9-7+;;;. The van der Waals surface area contributed by atoms with Crippen molar-refractivity contribution in [2.45, 2.75) is 25.7 Å². The molecule has 0 aromatic rings. The summed E-state index contributed by atoms with van der Waals surface area (Å²) < 4.78 is 19.2. The van der Waals surface area contributed by atoms with Crippen LogP contribution < -0.4 is 0 Å². The normalized spacial score (nSPS) is 22.8. The second-order valence-electron chi connectivity index (χ2n) is 2.47. The fraction of sp³-hybridized carbons (Fsp3) is 0.444. The van der Waals surface area contributed by atoms with Crippen LogP contribution in [0.4, 0.5) is 7.16 Å². The Labute approximate surface area is 83.8 Å². The van der Waals surface area contributed by atoms with E-state index in [-0.39, 0.29) is 0 Å². The molecule has 1 aliphatic carbocycles. The third-order valence-electron chi connectivity index (χ3n) is 1.60. The van der Waals surface area contributed by atoms with Crippen LogP contribution in [0.2, 0.25) is 0 Å². The number of hydrogen-bond acceptors (Lipinski definition) is 1. The number of carbonyl (C=O) groups excluding carboxylic acids is 1. The first-order valence-electron chi connectivity index (χ1n) is 3.91. The monoisotopic (exact) mass is 232 g/mol. The van der Waals surface area contributed by atoms with E-state index in [4.69, 9.17) is 0 Å². The van der Waals surface area contributed by atoms with E-state index in [2.05, 4.69) is 12.2 Å². The molecule has 0 saturated carbocycles. The summed E-state index contributed by atoms with van der Waals surface area (Å²) in [7, 11) is 0. The van der Waals surface area contributed by atoms with Crippen molar-refractivity contribution in [2.24, 2.45) is 0 Å². The molecule has 0 aromatic carbocycles. The second-order valence-corrected chi connectivity index (χ2v) is 2.62. The van der Waals surface area contributed by atoms with Gasteiger partial charge in [0.25, 0.3) is 0 Å².